The molecule has 0 bridgehead atoms. The summed E-state index contributed by atoms with van der Waals surface area (Å²) >= 11 is 0. The van der Waals surface area contributed by atoms with E-state index in [2.05, 4.69) is 5.32 Å². The van der Waals surface area contributed by atoms with Crippen LogP contribution < -0.4 is 5.32 Å². The average Bonchev–Trinajstić information content (AvgIpc) is 2.19. The van der Waals surface area contributed by atoms with Gasteiger partial charge in [-0.3, -0.25) is 0 Å². The topological polar surface area (TPSA) is 95.9 Å². The van der Waals surface area contributed by atoms with Gasteiger partial charge in [-0.05, 0) is 26.7 Å². The molecule has 2 rings (SSSR count). The van der Waals surface area contributed by atoms with Crippen molar-refractivity contribution in [3.63, 3.8) is 0 Å². The van der Waals surface area contributed by atoms with Gasteiger partial charge in [0.2, 0.25) is 0 Å². The molecule has 2 fully saturated rings. The Labute approximate surface area is 132 Å². The van der Waals surface area contributed by atoms with Gasteiger partial charge in [0.25, 0.3) is 0 Å². The van der Waals surface area contributed by atoms with Crippen LogP contribution in [0, 0.1) is 11.8 Å². The molecule has 2 aliphatic heterocycles. The van der Waals surface area contributed by atoms with E-state index in [1.165, 1.54) is 6.26 Å². The molecule has 0 aliphatic carbocycles. The molecular formula is C14H28N2O5S. The maximum atomic E-state index is 11.3. The van der Waals surface area contributed by atoms with Crippen LogP contribution in [0.3, 0.4) is 0 Å². The fourth-order valence-electron chi connectivity index (χ4n) is 2.06. The second kappa shape index (κ2) is 7.61. The van der Waals surface area contributed by atoms with E-state index >= 15 is 0 Å². The first-order valence-electron chi connectivity index (χ1n) is 7.47. The van der Waals surface area contributed by atoms with Gasteiger partial charge in [0.1, 0.15) is 15.4 Å². The smallest absolute Gasteiger partial charge is 0.410 e. The predicted molar refractivity (Wildman–Crippen MR) is 84.5 cm³/mol. The third-order valence-corrected chi connectivity index (χ3v) is 4.35. The second-order valence-corrected chi connectivity index (χ2v) is 9.24. The number of rotatable bonds is 3. The Morgan fingerprint density at radius 1 is 1.27 bits per heavy atom. The lowest BCUT2D eigenvalue weighted by Crippen LogP contribution is -2.52. The number of nitrogens with one attached hydrogen (secondary N) is 1. The second-order valence-electron chi connectivity index (χ2n) is 7.05. The summed E-state index contributed by atoms with van der Waals surface area (Å²) in [6, 6.07) is 0. The average molecular weight is 336 g/mol. The van der Waals surface area contributed by atoms with Gasteiger partial charge in [0.05, 0.1) is 5.75 Å². The van der Waals surface area contributed by atoms with Gasteiger partial charge in [-0.25, -0.2) is 13.2 Å². The molecule has 0 aromatic carbocycles. The van der Waals surface area contributed by atoms with Crippen LogP contribution in [0.15, 0.2) is 0 Å². The summed E-state index contributed by atoms with van der Waals surface area (Å²) in [5.74, 6) is 0.965. The molecule has 2 N–H and O–H groups in total. The van der Waals surface area contributed by atoms with Crippen molar-refractivity contribution in [1.29, 1.82) is 0 Å². The summed E-state index contributed by atoms with van der Waals surface area (Å²) in [7, 11) is -2.72. The van der Waals surface area contributed by atoms with Crippen LogP contribution in [-0.2, 0) is 14.6 Å². The number of aliphatic hydroxyl groups is 1. The first-order valence-corrected chi connectivity index (χ1v) is 9.53. The van der Waals surface area contributed by atoms with E-state index < -0.39 is 15.4 Å². The number of aliphatic hydroxyl groups excluding tert-OH is 1. The highest BCUT2D eigenvalue weighted by atomic mass is 32.2. The highest BCUT2D eigenvalue weighted by Crippen LogP contribution is 2.18. The van der Waals surface area contributed by atoms with Gasteiger partial charge in [0.15, 0.2) is 0 Å². The fraction of sp³-hybridized carbons (Fsp3) is 0.929. The molecule has 8 heteroatoms. The number of carbonyl (C=O) groups is 1. The van der Waals surface area contributed by atoms with Crippen molar-refractivity contribution in [3.8, 4) is 0 Å². The molecule has 130 valence electrons. The van der Waals surface area contributed by atoms with E-state index in [1.807, 2.05) is 20.8 Å². The molecule has 0 atom stereocenters. The van der Waals surface area contributed by atoms with E-state index in [0.717, 1.165) is 13.1 Å². The van der Waals surface area contributed by atoms with Gasteiger partial charge in [-0.1, -0.05) is 0 Å². The lowest BCUT2D eigenvalue weighted by Gasteiger charge is -2.38. The van der Waals surface area contributed by atoms with E-state index in [-0.39, 0.29) is 18.6 Å². The summed E-state index contributed by atoms with van der Waals surface area (Å²) in [5.41, 5.74) is -0.429. The normalized spacial score (nSPS) is 19.6. The Morgan fingerprint density at radius 2 is 1.82 bits per heavy atom. The maximum Gasteiger partial charge on any atom is 0.410 e. The molecule has 1 amide bonds. The predicted octanol–water partition coefficient (Wildman–Crippen LogP) is 0.0960. The van der Waals surface area contributed by atoms with Gasteiger partial charge >= 0.3 is 6.09 Å². The molecule has 2 saturated heterocycles. The quantitative estimate of drug-likeness (QED) is 0.759. The number of hydrogen-bond acceptors (Lipinski definition) is 6. The first kappa shape index (κ1) is 19.2. The van der Waals surface area contributed by atoms with Crippen molar-refractivity contribution in [2.45, 2.75) is 26.4 Å². The lowest BCUT2D eigenvalue weighted by atomic mass is 10.0. The number of amides is 1. The van der Waals surface area contributed by atoms with E-state index in [0.29, 0.717) is 24.8 Å². The SMILES string of the molecule is CC(C)(C)OC(=O)N1CC(CO)C1.CS(=O)(=O)CC1CNC1. The summed E-state index contributed by atoms with van der Waals surface area (Å²) in [6.07, 6.45) is 1.00. The van der Waals surface area contributed by atoms with Crippen LogP contribution in [0.2, 0.25) is 0 Å². The van der Waals surface area contributed by atoms with Gasteiger partial charge in [-0.15, -0.1) is 0 Å². The molecule has 0 aromatic heterocycles. The van der Waals surface area contributed by atoms with Crippen LogP contribution in [0.5, 0.6) is 0 Å². The summed E-state index contributed by atoms with van der Waals surface area (Å²) in [6.45, 7) is 8.65. The highest BCUT2D eigenvalue weighted by Gasteiger charge is 2.32. The summed E-state index contributed by atoms with van der Waals surface area (Å²) in [4.78, 5) is 12.9. The highest BCUT2D eigenvalue weighted by molar-refractivity contribution is 7.90. The number of nitrogens with zero attached hydrogens (tertiary/aromatic N) is 1. The van der Waals surface area contributed by atoms with Crippen molar-refractivity contribution in [2.75, 3.05) is 44.8 Å². The fourth-order valence-corrected chi connectivity index (χ4v) is 3.15. The van der Waals surface area contributed by atoms with E-state index in [9.17, 15) is 13.2 Å². The third-order valence-electron chi connectivity index (χ3n) is 3.27. The molecule has 0 spiro atoms. The number of hydrogen-bond donors (Lipinski definition) is 2. The van der Waals surface area contributed by atoms with Gasteiger partial charge < -0.3 is 20.1 Å². The minimum atomic E-state index is -2.72. The molecule has 2 heterocycles. The Kier molecular flexibility index (Phi) is 6.64. The van der Waals surface area contributed by atoms with Crippen molar-refractivity contribution >= 4 is 15.9 Å². The Hall–Kier alpha value is -0.860. The van der Waals surface area contributed by atoms with Crippen LogP contribution in [0.4, 0.5) is 4.79 Å². The molecule has 7 nitrogen and oxygen atoms in total. The molecule has 0 radical (unpaired) electrons. The zero-order valence-corrected chi connectivity index (χ0v) is 14.6. The van der Waals surface area contributed by atoms with Crippen molar-refractivity contribution in [3.05, 3.63) is 0 Å². The van der Waals surface area contributed by atoms with Crippen LogP contribution in [0.1, 0.15) is 20.8 Å². The third kappa shape index (κ3) is 7.42. The Balaban J connectivity index is 0.000000235. The Bertz CT molecular complexity index is 462. The van der Waals surface area contributed by atoms with Crippen molar-refractivity contribution in [2.24, 2.45) is 11.8 Å². The monoisotopic (exact) mass is 336 g/mol. The number of sulfone groups is 1. The zero-order chi connectivity index (χ0) is 17.0. The zero-order valence-electron chi connectivity index (χ0n) is 13.8. The van der Waals surface area contributed by atoms with Crippen LogP contribution in [0.25, 0.3) is 0 Å². The summed E-state index contributed by atoms with van der Waals surface area (Å²) in [5, 5.41) is 11.8. The lowest BCUT2D eigenvalue weighted by molar-refractivity contribution is -0.00972. The molecule has 2 aliphatic rings. The van der Waals surface area contributed by atoms with Crippen LogP contribution >= 0.6 is 0 Å². The minimum Gasteiger partial charge on any atom is -0.444 e. The van der Waals surface area contributed by atoms with E-state index in [4.69, 9.17) is 9.84 Å². The largest absolute Gasteiger partial charge is 0.444 e. The first-order chi connectivity index (χ1) is 10.00. The number of ether oxygens (including phenoxy) is 1. The van der Waals surface area contributed by atoms with Gasteiger partial charge in [-0.2, -0.15) is 0 Å². The molecule has 22 heavy (non-hydrogen) atoms. The maximum absolute atomic E-state index is 11.3. The summed E-state index contributed by atoms with van der Waals surface area (Å²) < 4.78 is 26.4. The molecule has 0 aromatic rings. The van der Waals surface area contributed by atoms with E-state index in [1.54, 1.807) is 4.90 Å². The number of carbonyl (C=O) groups excluding carboxylic acids is 1. The standard InChI is InChI=1S/C9H17NO3.C5H11NO2S/c1-9(2,3)13-8(12)10-4-7(5-10)6-11;1-9(7,8)4-5-2-6-3-5/h7,11H,4-6H2,1-3H3;5-6H,2-4H2,1H3. The van der Waals surface area contributed by atoms with Gasteiger partial charge in [0, 0.05) is 45.0 Å². The minimum absolute atomic E-state index is 0.152. The number of likely N-dealkylation sites (tertiary alicyclic amines) is 1. The van der Waals surface area contributed by atoms with Crippen LogP contribution in [-0.4, -0.2) is 74.9 Å². The van der Waals surface area contributed by atoms with Crippen molar-refractivity contribution in [1.82, 2.24) is 10.2 Å². The Morgan fingerprint density at radius 3 is 2.09 bits per heavy atom. The molecular weight excluding hydrogens is 308 g/mol. The molecule has 0 unspecified atom stereocenters. The van der Waals surface area contributed by atoms with Crippen molar-refractivity contribution < 1.29 is 23.1 Å². The molecule has 0 saturated carbocycles.